The first-order chi connectivity index (χ1) is 12.2. The number of methoxy groups -OCH3 is 1. The van der Waals surface area contributed by atoms with Crippen LogP contribution in [-0.2, 0) is 24.3 Å². The van der Waals surface area contributed by atoms with Crippen molar-refractivity contribution in [3.63, 3.8) is 0 Å². The van der Waals surface area contributed by atoms with Crippen molar-refractivity contribution >= 4 is 29.9 Å². The highest BCUT2D eigenvalue weighted by atomic mass is 127. The van der Waals surface area contributed by atoms with Gasteiger partial charge in [0.05, 0.1) is 6.54 Å². The van der Waals surface area contributed by atoms with E-state index in [0.29, 0.717) is 18.7 Å². The summed E-state index contributed by atoms with van der Waals surface area (Å²) in [5.74, 6) is 2.70. The molecule has 0 spiro atoms. The molecule has 1 aromatic heterocycles. The molecule has 2 aliphatic heterocycles. The molecule has 9 heteroatoms. The number of likely N-dealkylation sites (N-methyl/N-ethyl adjacent to an activating group) is 1. The van der Waals surface area contributed by atoms with Crippen LogP contribution in [0.3, 0.4) is 0 Å². The largest absolute Gasteiger partial charge is 0.377 e. The summed E-state index contributed by atoms with van der Waals surface area (Å²) >= 11 is 0. The molecular formula is C17H32IN7O. The molecule has 2 atom stereocenters. The van der Waals surface area contributed by atoms with Crippen LogP contribution in [0.2, 0.25) is 0 Å². The molecule has 1 aromatic rings. The van der Waals surface area contributed by atoms with Crippen LogP contribution in [0, 0.1) is 0 Å². The molecule has 26 heavy (non-hydrogen) atoms. The first kappa shape index (κ1) is 21.4. The standard InChI is InChI=1S/C17H31N7O.HI/c1-4-23-9-5-6-14(23)10-19-17(18-2)20-13-7-8-16-21-15(12-25-3)22-24(16)11-13;/h13-14H,4-12H2,1-3H3,(H2,18,19,20);1H. The highest BCUT2D eigenvalue weighted by molar-refractivity contribution is 14.0. The average Bonchev–Trinajstić information content (AvgIpc) is 3.24. The number of guanidine groups is 1. The molecule has 0 aromatic carbocycles. The molecule has 2 N–H and O–H groups in total. The van der Waals surface area contributed by atoms with Crippen LogP contribution in [0.25, 0.3) is 0 Å². The zero-order valence-electron chi connectivity index (χ0n) is 16.1. The summed E-state index contributed by atoms with van der Waals surface area (Å²) in [6, 6.07) is 0.940. The summed E-state index contributed by atoms with van der Waals surface area (Å²) < 4.78 is 7.12. The zero-order chi connectivity index (χ0) is 17.6. The predicted molar refractivity (Wildman–Crippen MR) is 113 cm³/mol. The van der Waals surface area contributed by atoms with Gasteiger partial charge in [0.2, 0.25) is 0 Å². The van der Waals surface area contributed by atoms with Gasteiger partial charge in [-0.25, -0.2) is 9.67 Å². The van der Waals surface area contributed by atoms with E-state index in [1.807, 2.05) is 11.7 Å². The van der Waals surface area contributed by atoms with Gasteiger partial charge in [0, 0.05) is 39.2 Å². The van der Waals surface area contributed by atoms with Gasteiger partial charge in [-0.3, -0.25) is 9.89 Å². The van der Waals surface area contributed by atoms with Crippen LogP contribution < -0.4 is 10.6 Å². The predicted octanol–water partition coefficient (Wildman–Crippen LogP) is 1.01. The summed E-state index contributed by atoms with van der Waals surface area (Å²) in [6.07, 6.45) is 4.54. The van der Waals surface area contributed by atoms with E-state index in [0.717, 1.165) is 50.1 Å². The molecule has 148 valence electrons. The molecule has 1 fully saturated rings. The third-order valence-electron chi connectivity index (χ3n) is 5.15. The second kappa shape index (κ2) is 10.4. The Morgan fingerprint density at radius 2 is 2.23 bits per heavy atom. The molecule has 2 aliphatic rings. The molecule has 8 nitrogen and oxygen atoms in total. The van der Waals surface area contributed by atoms with E-state index >= 15 is 0 Å². The lowest BCUT2D eigenvalue weighted by Gasteiger charge is -2.27. The Morgan fingerprint density at radius 1 is 1.38 bits per heavy atom. The molecule has 2 unspecified atom stereocenters. The Kier molecular flexibility index (Phi) is 8.55. The van der Waals surface area contributed by atoms with Gasteiger partial charge in [0.1, 0.15) is 12.4 Å². The van der Waals surface area contributed by atoms with Gasteiger partial charge in [-0.05, 0) is 32.4 Å². The van der Waals surface area contributed by atoms with Crippen molar-refractivity contribution in [2.75, 3.05) is 33.8 Å². The van der Waals surface area contributed by atoms with Gasteiger partial charge in [-0.1, -0.05) is 6.92 Å². The molecule has 0 radical (unpaired) electrons. The number of nitrogens with zero attached hydrogens (tertiary/aromatic N) is 5. The van der Waals surface area contributed by atoms with E-state index in [9.17, 15) is 0 Å². The maximum atomic E-state index is 5.13. The van der Waals surface area contributed by atoms with E-state index in [1.165, 1.54) is 19.4 Å². The van der Waals surface area contributed by atoms with Crippen LogP contribution in [0.5, 0.6) is 0 Å². The van der Waals surface area contributed by atoms with Crippen molar-refractivity contribution in [1.29, 1.82) is 0 Å². The number of halogens is 1. The van der Waals surface area contributed by atoms with Crippen LogP contribution >= 0.6 is 24.0 Å². The van der Waals surface area contributed by atoms with Crippen molar-refractivity contribution in [1.82, 2.24) is 30.3 Å². The van der Waals surface area contributed by atoms with Crippen LogP contribution in [0.15, 0.2) is 4.99 Å². The van der Waals surface area contributed by atoms with E-state index < -0.39 is 0 Å². The van der Waals surface area contributed by atoms with Gasteiger partial charge < -0.3 is 15.4 Å². The number of aryl methyl sites for hydroxylation is 1. The Labute approximate surface area is 173 Å². The van der Waals surface area contributed by atoms with Crippen molar-refractivity contribution in [3.05, 3.63) is 11.6 Å². The molecule has 0 aliphatic carbocycles. The first-order valence-corrected chi connectivity index (χ1v) is 9.36. The number of rotatable bonds is 6. The molecule has 1 saturated heterocycles. The molecule has 3 heterocycles. The van der Waals surface area contributed by atoms with E-state index in [2.05, 4.69) is 37.5 Å². The smallest absolute Gasteiger partial charge is 0.191 e. The fraction of sp³-hybridized carbons (Fsp3) is 0.824. The number of aromatic nitrogens is 3. The summed E-state index contributed by atoms with van der Waals surface area (Å²) in [5, 5.41) is 11.6. The average molecular weight is 477 g/mol. The van der Waals surface area contributed by atoms with Crippen LogP contribution in [0.1, 0.15) is 37.8 Å². The summed E-state index contributed by atoms with van der Waals surface area (Å²) in [6.45, 7) is 6.82. The summed E-state index contributed by atoms with van der Waals surface area (Å²) in [5.41, 5.74) is 0. The Morgan fingerprint density at radius 3 is 2.96 bits per heavy atom. The Hall–Kier alpha value is -0.940. The summed E-state index contributed by atoms with van der Waals surface area (Å²) in [7, 11) is 3.51. The first-order valence-electron chi connectivity index (χ1n) is 9.36. The second-order valence-electron chi connectivity index (χ2n) is 6.82. The minimum absolute atomic E-state index is 0. The highest BCUT2D eigenvalue weighted by Crippen LogP contribution is 2.16. The van der Waals surface area contributed by atoms with Gasteiger partial charge in [-0.2, -0.15) is 5.10 Å². The topological polar surface area (TPSA) is 79.6 Å². The van der Waals surface area contributed by atoms with Gasteiger partial charge >= 0.3 is 0 Å². The molecular weight excluding hydrogens is 445 g/mol. The Bertz CT molecular complexity index is 592. The lowest BCUT2D eigenvalue weighted by molar-refractivity contribution is 0.177. The fourth-order valence-electron chi connectivity index (χ4n) is 3.81. The number of nitrogens with one attached hydrogen (secondary N) is 2. The van der Waals surface area contributed by atoms with E-state index in [4.69, 9.17) is 4.74 Å². The van der Waals surface area contributed by atoms with E-state index in [1.54, 1.807) is 7.11 Å². The highest BCUT2D eigenvalue weighted by Gasteiger charge is 2.25. The zero-order valence-corrected chi connectivity index (χ0v) is 18.4. The van der Waals surface area contributed by atoms with Crippen LogP contribution in [-0.4, -0.2) is 71.5 Å². The molecule has 3 rings (SSSR count). The molecule has 0 saturated carbocycles. The third kappa shape index (κ3) is 5.29. The molecule has 0 amide bonds. The SMILES string of the molecule is CCN1CCCC1CNC(=NC)NC1CCc2nc(COC)nn2C1.I. The molecule has 0 bridgehead atoms. The maximum absolute atomic E-state index is 5.13. The number of hydrogen-bond donors (Lipinski definition) is 2. The van der Waals surface area contributed by atoms with Gasteiger partial charge in [0.15, 0.2) is 11.8 Å². The fourth-order valence-corrected chi connectivity index (χ4v) is 3.81. The number of fused-ring (bicyclic) bond motifs is 1. The Balaban J connectivity index is 0.00000243. The van der Waals surface area contributed by atoms with Gasteiger partial charge in [-0.15, -0.1) is 24.0 Å². The van der Waals surface area contributed by atoms with Crippen molar-refractivity contribution in [2.24, 2.45) is 4.99 Å². The minimum Gasteiger partial charge on any atom is -0.377 e. The number of likely N-dealkylation sites (tertiary alicyclic amines) is 1. The third-order valence-corrected chi connectivity index (χ3v) is 5.15. The van der Waals surface area contributed by atoms with Crippen LogP contribution in [0.4, 0.5) is 0 Å². The van der Waals surface area contributed by atoms with E-state index in [-0.39, 0.29) is 24.0 Å². The van der Waals surface area contributed by atoms with Crippen molar-refractivity contribution in [3.8, 4) is 0 Å². The quantitative estimate of drug-likeness (QED) is 0.362. The van der Waals surface area contributed by atoms with Crippen molar-refractivity contribution in [2.45, 2.75) is 57.8 Å². The normalized spacial score (nSPS) is 23.4. The number of ether oxygens (including phenoxy) is 1. The monoisotopic (exact) mass is 477 g/mol. The lowest BCUT2D eigenvalue weighted by atomic mass is 10.1. The van der Waals surface area contributed by atoms with Gasteiger partial charge in [0.25, 0.3) is 0 Å². The number of aliphatic imine (C=N–C) groups is 1. The van der Waals surface area contributed by atoms with Crippen molar-refractivity contribution < 1.29 is 4.74 Å². The number of hydrogen-bond acceptors (Lipinski definition) is 5. The minimum atomic E-state index is 0. The second-order valence-corrected chi connectivity index (χ2v) is 6.82. The summed E-state index contributed by atoms with van der Waals surface area (Å²) in [4.78, 5) is 11.5. The lowest BCUT2D eigenvalue weighted by Crippen LogP contribution is -2.50. The maximum Gasteiger partial charge on any atom is 0.191 e.